The van der Waals surface area contributed by atoms with Gasteiger partial charge in [-0.1, -0.05) is 11.6 Å². The average molecular weight is 383 g/mol. The van der Waals surface area contributed by atoms with Crippen LogP contribution in [-0.2, 0) is 13.5 Å². The van der Waals surface area contributed by atoms with Crippen molar-refractivity contribution in [3.63, 3.8) is 0 Å². The molecule has 6 nitrogen and oxygen atoms in total. The first-order valence-corrected chi connectivity index (χ1v) is 8.95. The van der Waals surface area contributed by atoms with Gasteiger partial charge in [0.25, 0.3) is 0 Å². The lowest BCUT2D eigenvalue weighted by Gasteiger charge is -2.19. The molecule has 0 fully saturated rings. The Hall–Kier alpha value is -3.15. The summed E-state index contributed by atoms with van der Waals surface area (Å²) < 4.78 is 18.4. The molecule has 1 N–H and O–H groups in total. The fourth-order valence-corrected chi connectivity index (χ4v) is 3.63. The topological polar surface area (TPSA) is 69.9 Å². The summed E-state index contributed by atoms with van der Waals surface area (Å²) in [5.74, 6) is 1.42. The molecule has 0 spiro atoms. The number of aryl methyl sites for hydroxylation is 1. The van der Waals surface area contributed by atoms with Gasteiger partial charge in [0.05, 0.1) is 43.1 Å². The molecule has 0 saturated heterocycles. The van der Waals surface area contributed by atoms with Gasteiger partial charge in [0, 0.05) is 18.7 Å². The van der Waals surface area contributed by atoms with Crippen LogP contribution in [0.5, 0.6) is 23.0 Å². The van der Waals surface area contributed by atoms with Crippen molar-refractivity contribution in [3.05, 3.63) is 45.6 Å². The molecular weight excluding hydrogens is 358 g/mol. The lowest BCUT2D eigenvalue weighted by atomic mass is 10.00. The van der Waals surface area contributed by atoms with Crippen LogP contribution in [-0.4, -0.2) is 31.0 Å². The SMILES string of the molecule is COc1ccc2c(=O)c3c(O)cc(OC)c(CC=C(C)C)c3n(C)c2c1OC. The lowest BCUT2D eigenvalue weighted by Crippen LogP contribution is -2.13. The lowest BCUT2D eigenvalue weighted by molar-refractivity contribution is 0.357. The minimum absolute atomic E-state index is 0.106. The van der Waals surface area contributed by atoms with Crippen LogP contribution in [0.1, 0.15) is 19.4 Å². The normalized spacial score (nSPS) is 10.9. The van der Waals surface area contributed by atoms with Crippen molar-refractivity contribution < 1.29 is 19.3 Å². The van der Waals surface area contributed by atoms with Gasteiger partial charge >= 0.3 is 0 Å². The monoisotopic (exact) mass is 383 g/mol. The second kappa shape index (κ2) is 7.46. The fraction of sp³-hybridized carbons (Fsp3) is 0.318. The quantitative estimate of drug-likeness (QED) is 0.534. The van der Waals surface area contributed by atoms with Gasteiger partial charge < -0.3 is 23.9 Å². The molecule has 148 valence electrons. The van der Waals surface area contributed by atoms with E-state index in [1.165, 1.54) is 6.07 Å². The Bertz CT molecular complexity index is 1150. The smallest absolute Gasteiger partial charge is 0.201 e. The molecule has 3 rings (SSSR count). The van der Waals surface area contributed by atoms with Crippen molar-refractivity contribution in [2.45, 2.75) is 20.3 Å². The Labute approximate surface area is 163 Å². The Morgan fingerprint density at radius 1 is 1.07 bits per heavy atom. The van der Waals surface area contributed by atoms with Crippen molar-refractivity contribution in [3.8, 4) is 23.0 Å². The number of aromatic hydroxyl groups is 1. The molecule has 3 aromatic rings. The van der Waals surface area contributed by atoms with Crippen LogP contribution in [0.15, 0.2) is 34.6 Å². The standard InChI is InChI=1S/C22H25NO5/c1-12(2)7-8-13-17(27-5)11-15(24)18-19(13)23(3)20-14(21(18)25)9-10-16(26-4)22(20)28-6/h7,9-11,24H,8H2,1-6H3. The van der Waals surface area contributed by atoms with E-state index in [1.54, 1.807) is 33.5 Å². The zero-order chi connectivity index (χ0) is 20.6. The van der Waals surface area contributed by atoms with Crippen molar-refractivity contribution in [1.82, 2.24) is 4.57 Å². The molecule has 1 heterocycles. The third-order valence-corrected chi connectivity index (χ3v) is 4.94. The van der Waals surface area contributed by atoms with Gasteiger partial charge in [-0.3, -0.25) is 4.79 Å². The number of phenolic OH excluding ortho intramolecular Hbond substituents is 1. The molecule has 28 heavy (non-hydrogen) atoms. The van der Waals surface area contributed by atoms with Gasteiger partial charge in [-0.25, -0.2) is 0 Å². The van der Waals surface area contributed by atoms with Crippen LogP contribution in [0.4, 0.5) is 0 Å². The highest BCUT2D eigenvalue weighted by Gasteiger charge is 2.22. The maximum atomic E-state index is 13.3. The van der Waals surface area contributed by atoms with E-state index in [2.05, 4.69) is 6.08 Å². The summed E-state index contributed by atoms with van der Waals surface area (Å²) in [6, 6.07) is 4.89. The van der Waals surface area contributed by atoms with E-state index in [4.69, 9.17) is 14.2 Å². The molecule has 0 bridgehead atoms. The largest absolute Gasteiger partial charge is 0.507 e. The first kappa shape index (κ1) is 19.6. The van der Waals surface area contributed by atoms with Crippen LogP contribution >= 0.6 is 0 Å². The number of methoxy groups -OCH3 is 3. The summed E-state index contributed by atoms with van der Waals surface area (Å²) in [5, 5.41) is 11.3. The first-order valence-electron chi connectivity index (χ1n) is 8.95. The van der Waals surface area contributed by atoms with E-state index in [9.17, 15) is 9.90 Å². The van der Waals surface area contributed by atoms with Gasteiger partial charge in [0.1, 0.15) is 11.5 Å². The maximum Gasteiger partial charge on any atom is 0.201 e. The van der Waals surface area contributed by atoms with E-state index in [0.717, 1.165) is 11.1 Å². The highest BCUT2D eigenvalue weighted by Crippen LogP contribution is 2.40. The van der Waals surface area contributed by atoms with Gasteiger partial charge in [-0.15, -0.1) is 0 Å². The number of ether oxygens (including phenoxy) is 3. The summed E-state index contributed by atoms with van der Waals surface area (Å²) in [6.45, 7) is 4.02. The number of phenols is 1. The average Bonchev–Trinajstić information content (AvgIpc) is 2.68. The Morgan fingerprint density at radius 3 is 2.32 bits per heavy atom. The van der Waals surface area contributed by atoms with Gasteiger partial charge in [0.15, 0.2) is 11.5 Å². The van der Waals surface area contributed by atoms with Crippen LogP contribution in [0.25, 0.3) is 21.8 Å². The van der Waals surface area contributed by atoms with Crippen molar-refractivity contribution in [2.75, 3.05) is 21.3 Å². The fourth-order valence-electron chi connectivity index (χ4n) is 3.63. The zero-order valence-electron chi connectivity index (χ0n) is 17.0. The molecule has 0 unspecified atom stereocenters. The van der Waals surface area contributed by atoms with E-state index in [1.807, 2.05) is 25.5 Å². The van der Waals surface area contributed by atoms with Gasteiger partial charge in [-0.05, 0) is 32.4 Å². The van der Waals surface area contributed by atoms with Crippen molar-refractivity contribution in [2.24, 2.45) is 7.05 Å². The molecule has 0 atom stereocenters. The molecule has 2 aromatic carbocycles. The minimum atomic E-state index is -0.261. The number of pyridine rings is 1. The predicted octanol–water partition coefficient (Wildman–Crippen LogP) is 3.93. The molecule has 0 aliphatic heterocycles. The zero-order valence-corrected chi connectivity index (χ0v) is 17.0. The summed E-state index contributed by atoms with van der Waals surface area (Å²) in [4.78, 5) is 13.3. The van der Waals surface area contributed by atoms with E-state index >= 15 is 0 Å². The molecule has 0 amide bonds. The first-order chi connectivity index (χ1) is 13.3. The number of aromatic nitrogens is 1. The number of fused-ring (bicyclic) bond motifs is 2. The third kappa shape index (κ3) is 2.95. The predicted molar refractivity (Wildman–Crippen MR) is 111 cm³/mol. The summed E-state index contributed by atoms with van der Waals surface area (Å²) >= 11 is 0. The second-order valence-electron chi connectivity index (χ2n) is 6.87. The Morgan fingerprint density at radius 2 is 1.75 bits per heavy atom. The summed E-state index contributed by atoms with van der Waals surface area (Å²) in [5.41, 5.74) is 2.92. The molecule has 0 saturated carbocycles. The van der Waals surface area contributed by atoms with Crippen LogP contribution in [0, 0.1) is 0 Å². The van der Waals surface area contributed by atoms with Crippen LogP contribution in [0.2, 0.25) is 0 Å². The minimum Gasteiger partial charge on any atom is -0.507 e. The number of nitrogens with zero attached hydrogens (tertiary/aromatic N) is 1. The number of hydrogen-bond acceptors (Lipinski definition) is 5. The number of allylic oxidation sites excluding steroid dienone is 2. The second-order valence-corrected chi connectivity index (χ2v) is 6.87. The van der Waals surface area contributed by atoms with Gasteiger partial charge in [-0.2, -0.15) is 0 Å². The molecular formula is C22H25NO5. The molecule has 1 aromatic heterocycles. The van der Waals surface area contributed by atoms with Crippen LogP contribution in [0.3, 0.4) is 0 Å². The van der Waals surface area contributed by atoms with Crippen molar-refractivity contribution in [1.29, 1.82) is 0 Å². The molecule has 0 radical (unpaired) electrons. The van der Waals surface area contributed by atoms with E-state index < -0.39 is 0 Å². The Balaban J connectivity index is 2.61. The maximum absolute atomic E-state index is 13.3. The highest BCUT2D eigenvalue weighted by atomic mass is 16.5. The third-order valence-electron chi connectivity index (χ3n) is 4.94. The molecule has 0 aliphatic carbocycles. The van der Waals surface area contributed by atoms with E-state index in [0.29, 0.717) is 40.1 Å². The number of benzene rings is 2. The summed E-state index contributed by atoms with van der Waals surface area (Å²) in [6.07, 6.45) is 2.62. The molecule has 6 heteroatoms. The number of hydrogen-bond donors (Lipinski definition) is 1. The van der Waals surface area contributed by atoms with Crippen molar-refractivity contribution >= 4 is 21.8 Å². The van der Waals surface area contributed by atoms with Crippen LogP contribution < -0.4 is 19.6 Å². The van der Waals surface area contributed by atoms with Gasteiger partial charge in [0.2, 0.25) is 5.43 Å². The number of rotatable bonds is 5. The molecule has 0 aliphatic rings. The highest BCUT2D eigenvalue weighted by molar-refractivity contribution is 6.01. The summed E-state index contributed by atoms with van der Waals surface area (Å²) in [7, 11) is 6.49. The van der Waals surface area contributed by atoms with E-state index in [-0.39, 0.29) is 16.6 Å². The Kier molecular flexibility index (Phi) is 5.23.